The Balaban J connectivity index is 1.68. The van der Waals surface area contributed by atoms with E-state index in [1.807, 2.05) is 42.6 Å². The topological polar surface area (TPSA) is 112 Å². The lowest BCUT2D eigenvalue weighted by molar-refractivity contribution is 0.355. The van der Waals surface area contributed by atoms with Crippen LogP contribution in [0.3, 0.4) is 0 Å². The largest absolute Gasteiger partial charge is 0.497 e. The predicted molar refractivity (Wildman–Crippen MR) is 121 cm³/mol. The quantitative estimate of drug-likeness (QED) is 0.368. The number of benzene rings is 2. The number of aromatic amines is 2. The molecule has 2 aromatic carbocycles. The number of imidazole rings is 1. The first-order valence-electron chi connectivity index (χ1n) is 9.81. The van der Waals surface area contributed by atoms with Gasteiger partial charge < -0.3 is 24.5 Å². The molecule has 160 valence electrons. The second-order valence-corrected chi connectivity index (χ2v) is 7.08. The van der Waals surface area contributed by atoms with Crippen LogP contribution < -0.4 is 19.5 Å². The second-order valence-electron chi connectivity index (χ2n) is 7.08. The number of methoxy groups -OCH3 is 3. The second kappa shape index (κ2) is 7.59. The Kier molecular flexibility index (Phi) is 4.60. The van der Waals surface area contributed by atoms with Crippen molar-refractivity contribution in [1.82, 2.24) is 19.6 Å². The van der Waals surface area contributed by atoms with Crippen LogP contribution in [-0.2, 0) is 0 Å². The molecule has 5 rings (SSSR count). The first-order chi connectivity index (χ1) is 15.7. The molecule has 3 heterocycles. The van der Waals surface area contributed by atoms with E-state index in [0.29, 0.717) is 34.2 Å². The monoisotopic (exact) mass is 428 g/mol. The summed E-state index contributed by atoms with van der Waals surface area (Å²) in [4.78, 5) is 8.07. The van der Waals surface area contributed by atoms with E-state index in [2.05, 4.69) is 21.5 Å². The molecular weight excluding hydrogens is 408 g/mol. The lowest BCUT2D eigenvalue weighted by atomic mass is 10.1. The summed E-state index contributed by atoms with van der Waals surface area (Å²) in [5, 5.41) is 17.0. The molecule has 5 aromatic rings. The SMILES string of the molecule is COc1ccc2c(-c3nc4c(C#N)c[nH]n4c3Nc3ccc(OC)c(OC)c3)c[nH]c2c1. The molecule has 32 heavy (non-hydrogen) atoms. The number of nitrogens with one attached hydrogen (secondary N) is 3. The predicted octanol–water partition coefficient (Wildman–Crippen LogP) is 4.45. The van der Waals surface area contributed by atoms with Gasteiger partial charge in [0.1, 0.15) is 23.1 Å². The van der Waals surface area contributed by atoms with Gasteiger partial charge in [-0.05, 0) is 24.3 Å². The minimum atomic E-state index is 0.452. The van der Waals surface area contributed by atoms with Crippen molar-refractivity contribution in [3.05, 3.63) is 54.4 Å². The van der Waals surface area contributed by atoms with E-state index < -0.39 is 0 Å². The molecule has 0 aliphatic carbocycles. The normalized spacial score (nSPS) is 10.9. The lowest BCUT2D eigenvalue weighted by Crippen LogP contribution is -1.99. The van der Waals surface area contributed by atoms with Crippen LogP contribution in [0, 0.1) is 11.3 Å². The summed E-state index contributed by atoms with van der Waals surface area (Å²) in [6.45, 7) is 0. The Morgan fingerprint density at radius 3 is 2.59 bits per heavy atom. The van der Waals surface area contributed by atoms with Gasteiger partial charge in [-0.25, -0.2) is 9.50 Å². The summed E-state index contributed by atoms with van der Waals surface area (Å²) < 4.78 is 17.9. The highest BCUT2D eigenvalue weighted by Gasteiger charge is 2.21. The number of H-pyrrole nitrogens is 2. The molecule has 0 saturated heterocycles. The molecule has 0 spiro atoms. The molecule has 9 heteroatoms. The number of anilines is 2. The standard InChI is InChI=1S/C23H20N6O3/c1-30-15-5-6-16-17(12-25-18(16)9-15)21-23(29-22(28-21)13(10-24)11-26-29)27-14-4-7-19(31-2)20(8-14)32-3/h4-9,11-12,25-27H,1-3H3. The fourth-order valence-corrected chi connectivity index (χ4v) is 3.78. The number of nitrogens with zero attached hydrogens (tertiary/aromatic N) is 3. The fourth-order valence-electron chi connectivity index (χ4n) is 3.78. The van der Waals surface area contributed by atoms with Crippen molar-refractivity contribution in [2.45, 2.75) is 0 Å². The van der Waals surface area contributed by atoms with Crippen molar-refractivity contribution >= 4 is 28.1 Å². The van der Waals surface area contributed by atoms with Gasteiger partial charge in [0.2, 0.25) is 0 Å². The Morgan fingerprint density at radius 1 is 1.00 bits per heavy atom. The molecule has 0 radical (unpaired) electrons. The van der Waals surface area contributed by atoms with Crippen molar-refractivity contribution in [3.8, 4) is 34.6 Å². The molecule has 0 saturated carbocycles. The van der Waals surface area contributed by atoms with E-state index in [-0.39, 0.29) is 0 Å². The van der Waals surface area contributed by atoms with Crippen molar-refractivity contribution in [2.75, 3.05) is 26.6 Å². The maximum absolute atomic E-state index is 9.51. The molecule has 0 bridgehead atoms. The Labute approximate surface area is 183 Å². The lowest BCUT2D eigenvalue weighted by Gasteiger charge is -2.12. The minimum Gasteiger partial charge on any atom is -0.497 e. The van der Waals surface area contributed by atoms with Crippen LogP contribution in [0.25, 0.3) is 27.8 Å². The van der Waals surface area contributed by atoms with Crippen molar-refractivity contribution in [2.24, 2.45) is 0 Å². The Hall–Kier alpha value is -4.58. The maximum Gasteiger partial charge on any atom is 0.173 e. The minimum absolute atomic E-state index is 0.452. The number of fused-ring (bicyclic) bond motifs is 2. The first-order valence-corrected chi connectivity index (χ1v) is 9.81. The zero-order valence-electron chi connectivity index (χ0n) is 17.7. The molecule has 0 fully saturated rings. The molecule has 0 aliphatic rings. The first kappa shape index (κ1) is 19.4. The Bertz CT molecular complexity index is 1490. The number of nitriles is 1. The summed E-state index contributed by atoms with van der Waals surface area (Å²) in [7, 11) is 4.82. The van der Waals surface area contributed by atoms with Crippen LogP contribution in [0.4, 0.5) is 11.5 Å². The highest BCUT2D eigenvalue weighted by atomic mass is 16.5. The number of hydrogen-bond donors (Lipinski definition) is 3. The van der Waals surface area contributed by atoms with Crippen molar-refractivity contribution < 1.29 is 14.2 Å². The van der Waals surface area contributed by atoms with Gasteiger partial charge in [0.25, 0.3) is 0 Å². The summed E-state index contributed by atoms with van der Waals surface area (Å²) >= 11 is 0. The highest BCUT2D eigenvalue weighted by Crippen LogP contribution is 2.38. The summed E-state index contributed by atoms with van der Waals surface area (Å²) in [6.07, 6.45) is 3.53. The molecule has 0 amide bonds. The zero-order chi connectivity index (χ0) is 22.2. The van der Waals surface area contributed by atoms with E-state index in [0.717, 1.165) is 27.9 Å². The van der Waals surface area contributed by atoms with Gasteiger partial charge in [-0.1, -0.05) is 0 Å². The average molecular weight is 428 g/mol. The van der Waals surface area contributed by atoms with Gasteiger partial charge in [-0.3, -0.25) is 5.10 Å². The van der Waals surface area contributed by atoms with E-state index in [4.69, 9.17) is 19.2 Å². The van der Waals surface area contributed by atoms with E-state index >= 15 is 0 Å². The smallest absolute Gasteiger partial charge is 0.173 e. The van der Waals surface area contributed by atoms with Crippen molar-refractivity contribution in [1.29, 1.82) is 5.26 Å². The van der Waals surface area contributed by atoms with Gasteiger partial charge in [0, 0.05) is 46.7 Å². The summed E-state index contributed by atoms with van der Waals surface area (Å²) in [5.74, 6) is 2.68. The maximum atomic E-state index is 9.51. The van der Waals surface area contributed by atoms with Crippen LogP contribution in [0.5, 0.6) is 17.2 Å². The third kappa shape index (κ3) is 2.97. The fraction of sp³-hybridized carbons (Fsp3) is 0.130. The Morgan fingerprint density at radius 2 is 1.84 bits per heavy atom. The number of rotatable bonds is 6. The van der Waals surface area contributed by atoms with E-state index in [1.54, 1.807) is 32.0 Å². The molecule has 0 atom stereocenters. The van der Waals surface area contributed by atoms with Crippen molar-refractivity contribution in [3.63, 3.8) is 0 Å². The summed E-state index contributed by atoms with van der Waals surface area (Å²) in [6, 6.07) is 13.6. The average Bonchev–Trinajstić information content (AvgIpc) is 3.52. The molecule has 3 N–H and O–H groups in total. The summed E-state index contributed by atoms with van der Waals surface area (Å²) in [5.41, 5.74) is 4.28. The van der Waals surface area contributed by atoms with Gasteiger partial charge >= 0.3 is 0 Å². The number of aromatic nitrogens is 4. The van der Waals surface area contributed by atoms with Crippen LogP contribution >= 0.6 is 0 Å². The zero-order valence-corrected chi connectivity index (χ0v) is 17.7. The molecular formula is C23H20N6O3. The van der Waals surface area contributed by atoms with Crippen LogP contribution in [-0.4, -0.2) is 40.9 Å². The van der Waals surface area contributed by atoms with E-state index in [9.17, 15) is 5.26 Å². The van der Waals surface area contributed by atoms with Crippen LogP contribution in [0.2, 0.25) is 0 Å². The molecule has 0 aliphatic heterocycles. The molecule has 9 nitrogen and oxygen atoms in total. The molecule has 0 unspecified atom stereocenters. The van der Waals surface area contributed by atoms with Crippen LogP contribution in [0.1, 0.15) is 5.56 Å². The number of hydrogen-bond acceptors (Lipinski definition) is 6. The molecule has 3 aromatic heterocycles. The number of ether oxygens (including phenoxy) is 3. The third-order valence-corrected chi connectivity index (χ3v) is 5.37. The van der Waals surface area contributed by atoms with E-state index in [1.165, 1.54) is 0 Å². The van der Waals surface area contributed by atoms with Gasteiger partial charge in [-0.2, -0.15) is 5.26 Å². The van der Waals surface area contributed by atoms with Gasteiger partial charge in [0.05, 0.1) is 21.3 Å². The van der Waals surface area contributed by atoms with Gasteiger partial charge in [-0.15, -0.1) is 0 Å². The van der Waals surface area contributed by atoms with Gasteiger partial charge in [0.15, 0.2) is 23.0 Å². The van der Waals surface area contributed by atoms with Crippen LogP contribution in [0.15, 0.2) is 48.8 Å². The highest BCUT2D eigenvalue weighted by molar-refractivity contribution is 5.99. The third-order valence-electron chi connectivity index (χ3n) is 5.37.